The molecule has 0 rings (SSSR count). The van der Waals surface area contributed by atoms with Crippen LogP contribution in [-0.2, 0) is 28.5 Å². The van der Waals surface area contributed by atoms with Crippen molar-refractivity contribution in [2.45, 2.75) is 19.8 Å². The van der Waals surface area contributed by atoms with Crippen LogP contribution >= 0.6 is 0 Å². The highest BCUT2D eigenvalue weighted by atomic mass is 16.6. The SMILES string of the molecule is C=CCOCCOCCOCCOCCOC(=O)CCC. The third-order valence-electron chi connectivity index (χ3n) is 2.30. The summed E-state index contributed by atoms with van der Waals surface area (Å²) in [5.74, 6) is -0.174. The van der Waals surface area contributed by atoms with E-state index in [9.17, 15) is 4.79 Å². The van der Waals surface area contributed by atoms with Gasteiger partial charge < -0.3 is 23.7 Å². The monoisotopic (exact) mass is 304 g/mol. The van der Waals surface area contributed by atoms with Gasteiger partial charge in [-0.25, -0.2) is 0 Å². The molecule has 0 aliphatic rings. The van der Waals surface area contributed by atoms with Gasteiger partial charge in [0.2, 0.25) is 0 Å². The molecule has 0 spiro atoms. The van der Waals surface area contributed by atoms with E-state index in [1.807, 2.05) is 6.92 Å². The van der Waals surface area contributed by atoms with Crippen molar-refractivity contribution in [1.82, 2.24) is 0 Å². The summed E-state index contributed by atoms with van der Waals surface area (Å²) in [7, 11) is 0. The Morgan fingerprint density at radius 2 is 1.33 bits per heavy atom. The van der Waals surface area contributed by atoms with E-state index in [-0.39, 0.29) is 5.97 Å². The van der Waals surface area contributed by atoms with Gasteiger partial charge in [0, 0.05) is 6.42 Å². The highest BCUT2D eigenvalue weighted by Crippen LogP contribution is 1.91. The summed E-state index contributed by atoms with van der Waals surface area (Å²) in [5.41, 5.74) is 0. The molecule has 0 aromatic rings. The fourth-order valence-electron chi connectivity index (χ4n) is 1.32. The lowest BCUT2D eigenvalue weighted by atomic mass is 10.3. The van der Waals surface area contributed by atoms with E-state index >= 15 is 0 Å². The molecule has 0 aromatic heterocycles. The molecule has 6 heteroatoms. The lowest BCUT2D eigenvalue weighted by Crippen LogP contribution is -2.14. The van der Waals surface area contributed by atoms with Gasteiger partial charge in [0.25, 0.3) is 0 Å². The van der Waals surface area contributed by atoms with E-state index < -0.39 is 0 Å². The summed E-state index contributed by atoms with van der Waals surface area (Å²) >= 11 is 0. The van der Waals surface area contributed by atoms with Crippen molar-refractivity contribution in [1.29, 1.82) is 0 Å². The van der Waals surface area contributed by atoms with Gasteiger partial charge in [-0.05, 0) is 6.42 Å². The third-order valence-corrected chi connectivity index (χ3v) is 2.30. The molecule has 6 nitrogen and oxygen atoms in total. The molecule has 0 aromatic carbocycles. The van der Waals surface area contributed by atoms with Crippen LogP contribution in [-0.4, -0.2) is 65.4 Å². The average molecular weight is 304 g/mol. The maximum atomic E-state index is 11.0. The fourth-order valence-corrected chi connectivity index (χ4v) is 1.32. The second kappa shape index (κ2) is 17.1. The van der Waals surface area contributed by atoms with Crippen LogP contribution in [0, 0.1) is 0 Å². The van der Waals surface area contributed by atoms with Gasteiger partial charge in [0.1, 0.15) is 6.61 Å². The van der Waals surface area contributed by atoms with Gasteiger partial charge in [-0.2, -0.15) is 0 Å². The molecule has 0 radical (unpaired) electrons. The lowest BCUT2D eigenvalue weighted by molar-refractivity contribution is -0.145. The number of esters is 1. The zero-order chi connectivity index (χ0) is 15.6. The number of carbonyl (C=O) groups is 1. The van der Waals surface area contributed by atoms with Crippen molar-refractivity contribution in [2.24, 2.45) is 0 Å². The predicted molar refractivity (Wildman–Crippen MR) is 79.3 cm³/mol. The molecule has 0 N–H and O–H groups in total. The first-order valence-electron chi connectivity index (χ1n) is 7.38. The normalized spacial score (nSPS) is 10.5. The molecule has 0 bridgehead atoms. The van der Waals surface area contributed by atoms with Gasteiger partial charge in [0.15, 0.2) is 0 Å². The summed E-state index contributed by atoms with van der Waals surface area (Å²) in [4.78, 5) is 11.0. The molecule has 0 unspecified atom stereocenters. The fraction of sp³-hybridized carbons (Fsp3) is 0.800. The number of hydrogen-bond donors (Lipinski definition) is 0. The summed E-state index contributed by atoms with van der Waals surface area (Å²) < 4.78 is 26.0. The Kier molecular flexibility index (Phi) is 16.3. The molecule has 0 atom stereocenters. The van der Waals surface area contributed by atoms with Crippen LogP contribution in [0.1, 0.15) is 19.8 Å². The summed E-state index contributed by atoms with van der Waals surface area (Å²) in [6, 6.07) is 0. The van der Waals surface area contributed by atoms with E-state index in [0.29, 0.717) is 65.9 Å². The second-order valence-corrected chi connectivity index (χ2v) is 4.17. The van der Waals surface area contributed by atoms with Crippen molar-refractivity contribution in [3.8, 4) is 0 Å². The molecule has 124 valence electrons. The quantitative estimate of drug-likeness (QED) is 0.245. The Hall–Kier alpha value is -0.950. The van der Waals surface area contributed by atoms with Crippen molar-refractivity contribution < 1.29 is 28.5 Å². The Bertz CT molecular complexity index is 244. The molecule has 0 aliphatic heterocycles. The molecule has 21 heavy (non-hydrogen) atoms. The molecule has 0 saturated carbocycles. The van der Waals surface area contributed by atoms with Crippen LogP contribution in [0.2, 0.25) is 0 Å². The first-order valence-corrected chi connectivity index (χ1v) is 7.38. The molecule has 0 aliphatic carbocycles. The Labute approximate surface area is 127 Å². The topological polar surface area (TPSA) is 63.2 Å². The average Bonchev–Trinajstić information content (AvgIpc) is 2.48. The van der Waals surface area contributed by atoms with Gasteiger partial charge in [-0.1, -0.05) is 13.0 Å². The summed E-state index contributed by atoms with van der Waals surface area (Å²) in [5, 5.41) is 0. The van der Waals surface area contributed by atoms with Crippen LogP contribution in [0.25, 0.3) is 0 Å². The second-order valence-electron chi connectivity index (χ2n) is 4.17. The van der Waals surface area contributed by atoms with Crippen molar-refractivity contribution >= 4 is 5.97 Å². The van der Waals surface area contributed by atoms with Gasteiger partial charge in [-0.15, -0.1) is 6.58 Å². The predicted octanol–water partition coefficient (Wildman–Crippen LogP) is 1.58. The van der Waals surface area contributed by atoms with Gasteiger partial charge in [0.05, 0.1) is 52.9 Å². The van der Waals surface area contributed by atoms with Crippen molar-refractivity contribution in [3.63, 3.8) is 0 Å². The van der Waals surface area contributed by atoms with Gasteiger partial charge >= 0.3 is 5.97 Å². The number of hydrogen-bond acceptors (Lipinski definition) is 6. The first-order chi connectivity index (χ1) is 10.3. The molecular weight excluding hydrogens is 276 g/mol. The number of ether oxygens (including phenoxy) is 5. The van der Waals surface area contributed by atoms with Crippen LogP contribution in [0.3, 0.4) is 0 Å². The molecular formula is C15H28O6. The van der Waals surface area contributed by atoms with E-state index in [1.165, 1.54) is 0 Å². The highest BCUT2D eigenvalue weighted by molar-refractivity contribution is 5.69. The Morgan fingerprint density at radius 3 is 1.81 bits per heavy atom. The zero-order valence-corrected chi connectivity index (χ0v) is 13.0. The van der Waals surface area contributed by atoms with E-state index in [1.54, 1.807) is 6.08 Å². The van der Waals surface area contributed by atoms with Crippen LogP contribution in [0.5, 0.6) is 0 Å². The van der Waals surface area contributed by atoms with E-state index in [0.717, 1.165) is 6.42 Å². The minimum atomic E-state index is -0.174. The first kappa shape index (κ1) is 20.1. The molecule has 0 heterocycles. The lowest BCUT2D eigenvalue weighted by Gasteiger charge is -2.07. The minimum absolute atomic E-state index is 0.174. The van der Waals surface area contributed by atoms with Crippen LogP contribution in [0.15, 0.2) is 12.7 Å². The maximum Gasteiger partial charge on any atom is 0.305 e. The van der Waals surface area contributed by atoms with E-state index in [4.69, 9.17) is 23.7 Å². The zero-order valence-electron chi connectivity index (χ0n) is 13.0. The molecule has 0 amide bonds. The standard InChI is InChI=1S/C15H28O6/c1-3-5-15(16)21-14-13-20-12-11-19-10-9-18-8-7-17-6-4-2/h4H,2-3,5-14H2,1H3. The van der Waals surface area contributed by atoms with E-state index in [2.05, 4.69) is 6.58 Å². The van der Waals surface area contributed by atoms with Crippen LogP contribution < -0.4 is 0 Å². The Balaban J connectivity index is 3.02. The largest absolute Gasteiger partial charge is 0.463 e. The smallest absolute Gasteiger partial charge is 0.305 e. The number of carbonyl (C=O) groups excluding carboxylic acids is 1. The number of rotatable bonds is 16. The summed E-state index contributed by atoms with van der Waals surface area (Å²) in [6.45, 7) is 9.88. The Morgan fingerprint density at radius 1 is 0.857 bits per heavy atom. The summed E-state index contributed by atoms with van der Waals surface area (Å²) in [6.07, 6.45) is 2.96. The third kappa shape index (κ3) is 17.0. The van der Waals surface area contributed by atoms with Crippen LogP contribution in [0.4, 0.5) is 0 Å². The maximum absolute atomic E-state index is 11.0. The van der Waals surface area contributed by atoms with Crippen molar-refractivity contribution in [3.05, 3.63) is 12.7 Å². The van der Waals surface area contributed by atoms with Crippen molar-refractivity contribution in [2.75, 3.05) is 59.5 Å². The highest BCUT2D eigenvalue weighted by Gasteiger charge is 1.99. The molecule has 0 saturated heterocycles. The molecule has 0 fully saturated rings. The van der Waals surface area contributed by atoms with Gasteiger partial charge in [-0.3, -0.25) is 4.79 Å². The minimum Gasteiger partial charge on any atom is -0.463 e.